The Balaban J connectivity index is 2.03. The lowest BCUT2D eigenvalue weighted by Gasteiger charge is -2.25. The molecule has 0 bridgehead atoms. The highest BCUT2D eigenvalue weighted by Gasteiger charge is 2.13. The van der Waals surface area contributed by atoms with Crippen LogP contribution in [0.5, 0.6) is 0 Å². The fourth-order valence-electron chi connectivity index (χ4n) is 2.13. The summed E-state index contributed by atoms with van der Waals surface area (Å²) in [6.07, 6.45) is -0.508. The van der Waals surface area contributed by atoms with Gasteiger partial charge in [0.05, 0.1) is 12.6 Å². The van der Waals surface area contributed by atoms with Crippen molar-refractivity contribution in [2.24, 2.45) is 0 Å². The summed E-state index contributed by atoms with van der Waals surface area (Å²) in [5.74, 6) is -0.106. The molecule has 0 radical (unpaired) electrons. The molecule has 1 amide bonds. The Labute approximate surface area is 144 Å². The molecule has 2 N–H and O–H groups in total. The highest BCUT2D eigenvalue weighted by Crippen LogP contribution is 2.15. The zero-order valence-corrected chi connectivity index (χ0v) is 14.5. The van der Waals surface area contributed by atoms with E-state index in [0.717, 1.165) is 14.9 Å². The molecular weight excluding hydrogens is 391 g/mol. The van der Waals surface area contributed by atoms with Gasteiger partial charge in [-0.2, -0.15) is 0 Å². The average Bonchev–Trinajstić information content (AvgIpc) is 2.49. The molecule has 0 saturated heterocycles. The van der Waals surface area contributed by atoms with E-state index in [1.54, 1.807) is 6.92 Å². The zero-order chi connectivity index (χ0) is 15.9. The highest BCUT2D eigenvalue weighted by molar-refractivity contribution is 14.1. The maximum Gasteiger partial charge on any atom is 0.243 e. The van der Waals surface area contributed by atoms with E-state index in [9.17, 15) is 9.90 Å². The molecule has 2 aromatic rings. The van der Waals surface area contributed by atoms with E-state index in [2.05, 4.69) is 27.9 Å². The molecule has 4 nitrogen and oxygen atoms in total. The van der Waals surface area contributed by atoms with Crippen LogP contribution in [-0.2, 0) is 4.79 Å². The van der Waals surface area contributed by atoms with Crippen LogP contribution in [0.15, 0.2) is 54.6 Å². The van der Waals surface area contributed by atoms with Gasteiger partial charge >= 0.3 is 0 Å². The van der Waals surface area contributed by atoms with Crippen molar-refractivity contribution in [3.63, 3.8) is 0 Å². The van der Waals surface area contributed by atoms with E-state index < -0.39 is 6.10 Å². The molecule has 2 rings (SSSR count). The van der Waals surface area contributed by atoms with Gasteiger partial charge in [0.1, 0.15) is 0 Å². The first kappa shape index (κ1) is 16.8. The van der Waals surface area contributed by atoms with E-state index in [0.29, 0.717) is 6.54 Å². The molecule has 0 heterocycles. The van der Waals surface area contributed by atoms with Crippen molar-refractivity contribution in [2.75, 3.05) is 23.3 Å². The van der Waals surface area contributed by atoms with Crippen LogP contribution < -0.4 is 10.2 Å². The Morgan fingerprint density at radius 2 is 1.82 bits per heavy atom. The lowest BCUT2D eigenvalue weighted by atomic mass is 10.2. The summed E-state index contributed by atoms with van der Waals surface area (Å²) >= 11 is 2.22. The number of rotatable bonds is 6. The molecular formula is C17H19IN2O2. The van der Waals surface area contributed by atoms with E-state index in [1.807, 2.05) is 59.5 Å². The lowest BCUT2D eigenvalue weighted by Crippen LogP contribution is -2.37. The number of amides is 1. The van der Waals surface area contributed by atoms with Gasteiger partial charge in [0, 0.05) is 21.5 Å². The first-order valence-corrected chi connectivity index (χ1v) is 8.16. The van der Waals surface area contributed by atoms with E-state index in [4.69, 9.17) is 0 Å². The Kier molecular flexibility index (Phi) is 6.21. The fourth-order valence-corrected chi connectivity index (χ4v) is 2.49. The Bertz CT molecular complexity index is 600. The number of hydrogen-bond donors (Lipinski definition) is 2. The van der Waals surface area contributed by atoms with Gasteiger partial charge in [0.25, 0.3) is 0 Å². The SMILES string of the molecule is CC(O)CN(CC(=O)Nc1ccc(I)cc1)c1ccccc1. The molecule has 22 heavy (non-hydrogen) atoms. The monoisotopic (exact) mass is 410 g/mol. The van der Waals surface area contributed by atoms with E-state index in [1.165, 1.54) is 0 Å². The molecule has 0 aliphatic heterocycles. The van der Waals surface area contributed by atoms with E-state index in [-0.39, 0.29) is 12.5 Å². The zero-order valence-electron chi connectivity index (χ0n) is 12.4. The number of hydrogen-bond acceptors (Lipinski definition) is 3. The molecule has 1 unspecified atom stereocenters. The number of para-hydroxylation sites is 1. The normalized spacial score (nSPS) is 11.8. The van der Waals surface area contributed by atoms with Crippen LogP contribution in [0.25, 0.3) is 0 Å². The van der Waals surface area contributed by atoms with Gasteiger partial charge in [-0.05, 0) is 65.9 Å². The molecule has 0 spiro atoms. The van der Waals surface area contributed by atoms with Crippen LogP contribution in [-0.4, -0.2) is 30.2 Å². The summed E-state index contributed by atoms with van der Waals surface area (Å²) in [7, 11) is 0. The lowest BCUT2D eigenvalue weighted by molar-refractivity contribution is -0.115. The standard InChI is InChI=1S/C17H19IN2O2/c1-13(21)11-20(16-5-3-2-4-6-16)12-17(22)19-15-9-7-14(18)8-10-15/h2-10,13,21H,11-12H2,1H3,(H,19,22). The first-order valence-electron chi connectivity index (χ1n) is 7.08. The molecule has 0 fully saturated rings. The summed E-state index contributed by atoms with van der Waals surface area (Å²) in [4.78, 5) is 14.1. The van der Waals surface area contributed by atoms with Crippen LogP contribution in [0.2, 0.25) is 0 Å². The number of nitrogens with one attached hydrogen (secondary N) is 1. The minimum atomic E-state index is -0.508. The number of nitrogens with zero attached hydrogens (tertiary/aromatic N) is 1. The van der Waals surface area contributed by atoms with Crippen molar-refractivity contribution in [3.8, 4) is 0 Å². The summed E-state index contributed by atoms with van der Waals surface area (Å²) < 4.78 is 1.12. The number of aliphatic hydroxyl groups excluding tert-OH is 1. The number of halogens is 1. The Hall–Kier alpha value is -1.60. The van der Waals surface area contributed by atoms with Crippen LogP contribution in [0, 0.1) is 3.57 Å². The smallest absolute Gasteiger partial charge is 0.243 e. The van der Waals surface area contributed by atoms with Gasteiger partial charge in [-0.1, -0.05) is 18.2 Å². The number of carbonyl (C=O) groups excluding carboxylic acids is 1. The predicted molar refractivity (Wildman–Crippen MR) is 98.1 cm³/mol. The molecule has 116 valence electrons. The van der Waals surface area contributed by atoms with Crippen molar-refractivity contribution in [2.45, 2.75) is 13.0 Å². The van der Waals surface area contributed by atoms with Crippen molar-refractivity contribution < 1.29 is 9.90 Å². The third-order valence-electron chi connectivity index (χ3n) is 3.07. The molecule has 1 atom stereocenters. The quantitative estimate of drug-likeness (QED) is 0.720. The van der Waals surface area contributed by atoms with Crippen LogP contribution in [0.4, 0.5) is 11.4 Å². The first-order chi connectivity index (χ1) is 10.5. The van der Waals surface area contributed by atoms with Gasteiger partial charge in [-0.3, -0.25) is 4.79 Å². The second kappa shape index (κ2) is 8.14. The maximum atomic E-state index is 12.2. The summed E-state index contributed by atoms with van der Waals surface area (Å²) in [5.41, 5.74) is 1.69. The van der Waals surface area contributed by atoms with Gasteiger partial charge in [-0.25, -0.2) is 0 Å². The third kappa shape index (κ3) is 5.31. The molecule has 5 heteroatoms. The molecule has 0 aromatic heterocycles. The molecule has 2 aromatic carbocycles. The fraction of sp³-hybridized carbons (Fsp3) is 0.235. The number of aliphatic hydroxyl groups is 1. The number of anilines is 2. The maximum absolute atomic E-state index is 12.2. The van der Waals surface area contributed by atoms with Gasteiger partial charge < -0.3 is 15.3 Å². The highest BCUT2D eigenvalue weighted by atomic mass is 127. The summed E-state index contributed by atoms with van der Waals surface area (Å²) in [6.45, 7) is 2.32. The Morgan fingerprint density at radius 3 is 2.41 bits per heavy atom. The van der Waals surface area contributed by atoms with E-state index >= 15 is 0 Å². The molecule has 0 aliphatic rings. The van der Waals surface area contributed by atoms with Gasteiger partial charge in [0.15, 0.2) is 0 Å². The Morgan fingerprint density at radius 1 is 1.18 bits per heavy atom. The van der Waals surface area contributed by atoms with Crippen molar-refractivity contribution in [1.82, 2.24) is 0 Å². The summed E-state index contributed by atoms with van der Waals surface area (Å²) in [5, 5.41) is 12.5. The molecule has 0 saturated carbocycles. The largest absolute Gasteiger partial charge is 0.392 e. The van der Waals surface area contributed by atoms with Gasteiger partial charge in [-0.15, -0.1) is 0 Å². The second-order valence-corrected chi connectivity index (χ2v) is 6.37. The molecule has 0 aliphatic carbocycles. The minimum Gasteiger partial charge on any atom is -0.392 e. The van der Waals surface area contributed by atoms with Crippen LogP contribution in [0.3, 0.4) is 0 Å². The number of benzene rings is 2. The van der Waals surface area contributed by atoms with Crippen LogP contribution in [0.1, 0.15) is 6.92 Å². The number of carbonyl (C=O) groups is 1. The van der Waals surface area contributed by atoms with Crippen molar-refractivity contribution in [1.29, 1.82) is 0 Å². The predicted octanol–water partition coefficient (Wildman–Crippen LogP) is 3.12. The average molecular weight is 410 g/mol. The summed E-state index contributed by atoms with van der Waals surface area (Å²) in [6, 6.07) is 17.3. The van der Waals surface area contributed by atoms with Crippen molar-refractivity contribution >= 4 is 39.9 Å². The second-order valence-electron chi connectivity index (χ2n) is 5.12. The van der Waals surface area contributed by atoms with Crippen LogP contribution >= 0.6 is 22.6 Å². The van der Waals surface area contributed by atoms with Gasteiger partial charge in [0.2, 0.25) is 5.91 Å². The third-order valence-corrected chi connectivity index (χ3v) is 3.79. The van der Waals surface area contributed by atoms with Crippen molar-refractivity contribution in [3.05, 3.63) is 58.2 Å². The minimum absolute atomic E-state index is 0.106. The topological polar surface area (TPSA) is 52.6 Å².